The van der Waals surface area contributed by atoms with Crippen LogP contribution in [0, 0.1) is 0 Å². The SMILES string of the molecule is O=C1OC(=O)c2ccc3c4ccc5c6c(ccc(c7ccc1c2c73)c64)C(=O)N(c1ccc2cc3ccccc3cc2c1)C5=O. The van der Waals surface area contributed by atoms with Gasteiger partial charge in [-0.05, 0) is 102 Å². The number of imide groups is 1. The molecule has 0 unspecified atom stereocenters. The molecule has 0 bridgehead atoms. The van der Waals surface area contributed by atoms with E-state index in [1.165, 1.54) is 4.90 Å². The molecule has 0 atom stereocenters. The van der Waals surface area contributed by atoms with E-state index in [1.807, 2.05) is 60.7 Å². The highest BCUT2D eigenvalue weighted by Crippen LogP contribution is 2.46. The van der Waals surface area contributed by atoms with Crippen molar-refractivity contribution in [2.24, 2.45) is 0 Å². The van der Waals surface area contributed by atoms with Crippen LogP contribution >= 0.6 is 0 Å². The van der Waals surface area contributed by atoms with E-state index in [-0.39, 0.29) is 11.8 Å². The fourth-order valence-electron chi connectivity index (χ4n) is 7.41. The summed E-state index contributed by atoms with van der Waals surface area (Å²) in [6.45, 7) is 0. The molecule has 6 heteroatoms. The lowest BCUT2D eigenvalue weighted by Gasteiger charge is -2.29. The number of cyclic esters (lactones) is 2. The second-order valence-electron chi connectivity index (χ2n) is 11.5. The Morgan fingerprint density at radius 1 is 0.409 bits per heavy atom. The van der Waals surface area contributed by atoms with Crippen molar-refractivity contribution in [2.75, 3.05) is 4.90 Å². The van der Waals surface area contributed by atoms with Crippen LogP contribution in [0.25, 0.3) is 64.6 Å². The fourth-order valence-corrected chi connectivity index (χ4v) is 7.41. The van der Waals surface area contributed by atoms with Gasteiger partial charge in [-0.1, -0.05) is 54.6 Å². The van der Waals surface area contributed by atoms with Gasteiger partial charge in [0.15, 0.2) is 0 Å². The van der Waals surface area contributed by atoms with Gasteiger partial charge in [-0.15, -0.1) is 0 Å². The van der Waals surface area contributed by atoms with Crippen LogP contribution in [0.3, 0.4) is 0 Å². The molecule has 6 nitrogen and oxygen atoms in total. The minimum Gasteiger partial charge on any atom is -0.386 e. The Bertz CT molecular complexity index is 2600. The molecule has 2 amide bonds. The number of nitrogens with zero attached hydrogens (tertiary/aromatic N) is 1. The molecule has 0 aliphatic carbocycles. The van der Waals surface area contributed by atoms with Gasteiger partial charge in [-0.3, -0.25) is 9.59 Å². The summed E-state index contributed by atoms with van der Waals surface area (Å²) < 4.78 is 4.97. The molecule has 8 aromatic carbocycles. The van der Waals surface area contributed by atoms with Crippen molar-refractivity contribution >= 4 is 94.1 Å². The van der Waals surface area contributed by atoms with Crippen LogP contribution in [0.1, 0.15) is 41.4 Å². The van der Waals surface area contributed by atoms with Gasteiger partial charge in [0, 0.05) is 21.9 Å². The molecular weight excluding hydrogens is 550 g/mol. The number of hydrogen-bond donors (Lipinski definition) is 0. The van der Waals surface area contributed by atoms with E-state index in [1.54, 1.807) is 24.3 Å². The van der Waals surface area contributed by atoms with Crippen molar-refractivity contribution in [1.82, 2.24) is 0 Å². The topological polar surface area (TPSA) is 80.8 Å². The summed E-state index contributed by atoms with van der Waals surface area (Å²) in [5.41, 5.74) is 2.11. The molecule has 0 aromatic heterocycles. The molecule has 0 spiro atoms. The summed E-state index contributed by atoms with van der Waals surface area (Å²) in [4.78, 5) is 54.8. The smallest absolute Gasteiger partial charge is 0.346 e. The minimum absolute atomic E-state index is 0.346. The molecule has 0 saturated carbocycles. The number of hydrogen-bond acceptors (Lipinski definition) is 5. The van der Waals surface area contributed by atoms with Crippen molar-refractivity contribution < 1.29 is 23.9 Å². The standard InChI is InChI=1S/C38H17NO5/c40-35-27-11-7-23-25-9-13-29-34-30(38(43)44-37(29)42)14-10-26(32(25)34)24-8-12-28(33(27)31(23)24)36(41)39(35)22-6-5-20-15-18-3-1-2-4-19(18)16-21(20)17-22/h1-17H. The number of carbonyl (C=O) groups excluding carboxylic acids is 4. The molecular formula is C38H17NO5. The van der Waals surface area contributed by atoms with Gasteiger partial charge in [0.05, 0.1) is 16.8 Å². The normalized spacial score (nSPS) is 14.7. The van der Waals surface area contributed by atoms with Crippen molar-refractivity contribution in [3.8, 4) is 0 Å². The zero-order valence-corrected chi connectivity index (χ0v) is 22.8. The number of rotatable bonds is 1. The second-order valence-corrected chi connectivity index (χ2v) is 11.5. The Kier molecular flexibility index (Phi) is 4.16. The highest BCUT2D eigenvalue weighted by molar-refractivity contribution is 6.43. The van der Waals surface area contributed by atoms with E-state index >= 15 is 0 Å². The largest absolute Gasteiger partial charge is 0.386 e. The number of esters is 2. The van der Waals surface area contributed by atoms with Crippen molar-refractivity contribution in [1.29, 1.82) is 0 Å². The van der Waals surface area contributed by atoms with Crippen LogP contribution in [0.2, 0.25) is 0 Å². The van der Waals surface area contributed by atoms with Crippen LogP contribution < -0.4 is 4.90 Å². The highest BCUT2D eigenvalue weighted by Gasteiger charge is 2.36. The predicted octanol–water partition coefficient (Wildman–Crippen LogP) is 8.15. The molecule has 10 rings (SSSR count). The van der Waals surface area contributed by atoms with Crippen LogP contribution in [0.15, 0.2) is 103 Å². The number of carbonyl (C=O) groups is 4. The Labute approximate surface area is 248 Å². The van der Waals surface area contributed by atoms with Crippen LogP contribution in [-0.2, 0) is 4.74 Å². The number of ether oxygens (including phenoxy) is 1. The lowest BCUT2D eigenvalue weighted by atomic mass is 9.83. The van der Waals surface area contributed by atoms with Crippen LogP contribution in [-0.4, -0.2) is 23.8 Å². The van der Waals surface area contributed by atoms with Crippen LogP contribution in [0.5, 0.6) is 0 Å². The second kappa shape index (κ2) is 7.82. The Morgan fingerprint density at radius 2 is 0.864 bits per heavy atom. The highest BCUT2D eigenvalue weighted by atomic mass is 16.6. The molecule has 2 aliphatic rings. The van der Waals surface area contributed by atoms with E-state index in [2.05, 4.69) is 18.2 Å². The van der Waals surface area contributed by atoms with E-state index in [4.69, 9.17) is 4.74 Å². The molecule has 44 heavy (non-hydrogen) atoms. The van der Waals surface area contributed by atoms with Gasteiger partial charge in [0.1, 0.15) is 0 Å². The average molecular weight is 568 g/mol. The summed E-state index contributed by atoms with van der Waals surface area (Å²) in [6.07, 6.45) is 0. The molecule has 0 saturated heterocycles. The first kappa shape index (κ1) is 23.4. The van der Waals surface area contributed by atoms with E-state index in [0.29, 0.717) is 38.7 Å². The maximum atomic E-state index is 14.2. The Balaban J connectivity index is 1.23. The molecule has 0 fully saturated rings. The molecule has 0 N–H and O–H groups in total. The predicted molar refractivity (Wildman–Crippen MR) is 170 cm³/mol. The third kappa shape index (κ3) is 2.75. The summed E-state index contributed by atoms with van der Waals surface area (Å²) in [6, 6.07) is 32.4. The summed E-state index contributed by atoms with van der Waals surface area (Å²) in [7, 11) is 0. The molecule has 0 radical (unpaired) electrons. The van der Waals surface area contributed by atoms with E-state index < -0.39 is 11.9 Å². The average Bonchev–Trinajstić information content (AvgIpc) is 3.04. The van der Waals surface area contributed by atoms with Gasteiger partial charge >= 0.3 is 11.9 Å². The quantitative estimate of drug-likeness (QED) is 0.0657. The maximum Gasteiger partial charge on any atom is 0.346 e. The number of amides is 2. The zero-order chi connectivity index (χ0) is 29.4. The van der Waals surface area contributed by atoms with Crippen molar-refractivity contribution in [2.45, 2.75) is 0 Å². The molecule has 2 aliphatic heterocycles. The van der Waals surface area contributed by atoms with Gasteiger partial charge in [-0.2, -0.15) is 0 Å². The monoisotopic (exact) mass is 567 g/mol. The first-order chi connectivity index (χ1) is 21.5. The minimum atomic E-state index is -0.666. The molecule has 204 valence electrons. The number of benzene rings is 8. The van der Waals surface area contributed by atoms with Crippen LogP contribution in [0.4, 0.5) is 5.69 Å². The van der Waals surface area contributed by atoms with Gasteiger partial charge < -0.3 is 4.74 Å². The first-order valence-corrected chi connectivity index (χ1v) is 14.3. The van der Waals surface area contributed by atoms with Gasteiger partial charge in [0.25, 0.3) is 11.8 Å². The number of fused-ring (bicyclic) bond motifs is 4. The first-order valence-electron chi connectivity index (χ1n) is 14.3. The molecule has 8 aromatic rings. The van der Waals surface area contributed by atoms with Gasteiger partial charge in [0.2, 0.25) is 0 Å². The third-order valence-corrected chi connectivity index (χ3v) is 9.34. The van der Waals surface area contributed by atoms with Gasteiger partial charge in [-0.25, -0.2) is 14.5 Å². The van der Waals surface area contributed by atoms with Crippen molar-refractivity contribution in [3.63, 3.8) is 0 Å². The maximum absolute atomic E-state index is 14.2. The lowest BCUT2D eigenvalue weighted by molar-refractivity contribution is 0.0390. The summed E-state index contributed by atoms with van der Waals surface area (Å²) >= 11 is 0. The molecule has 2 heterocycles. The Morgan fingerprint density at radius 3 is 1.41 bits per heavy atom. The summed E-state index contributed by atoms with van der Waals surface area (Å²) in [5.74, 6) is -2.09. The lowest BCUT2D eigenvalue weighted by Crippen LogP contribution is -2.40. The fraction of sp³-hybridized carbons (Fsp3) is 0. The summed E-state index contributed by atoms with van der Waals surface area (Å²) in [5, 5.41) is 10.3. The zero-order valence-electron chi connectivity index (χ0n) is 22.8. The van der Waals surface area contributed by atoms with E-state index in [0.717, 1.165) is 53.9 Å². The number of anilines is 1. The Hall–Kier alpha value is -6.14. The third-order valence-electron chi connectivity index (χ3n) is 9.34. The van der Waals surface area contributed by atoms with Crippen molar-refractivity contribution in [3.05, 3.63) is 125 Å². The van der Waals surface area contributed by atoms with E-state index in [9.17, 15) is 19.2 Å².